The van der Waals surface area contributed by atoms with Crippen molar-refractivity contribution in [2.75, 3.05) is 30.4 Å². The van der Waals surface area contributed by atoms with E-state index in [-0.39, 0.29) is 11.5 Å². The van der Waals surface area contributed by atoms with Gasteiger partial charge < -0.3 is 10.8 Å². The Hall–Kier alpha value is -0.280. The summed E-state index contributed by atoms with van der Waals surface area (Å²) in [6, 6.07) is 4.53. The first-order valence-corrected chi connectivity index (χ1v) is 9.14. The summed E-state index contributed by atoms with van der Waals surface area (Å²) in [6.07, 6.45) is 0.723. The summed E-state index contributed by atoms with van der Waals surface area (Å²) in [5.74, 6) is 1.49. The van der Waals surface area contributed by atoms with Gasteiger partial charge in [-0.1, -0.05) is 0 Å². The zero-order chi connectivity index (χ0) is 14.3. The first kappa shape index (κ1) is 16.8. The van der Waals surface area contributed by atoms with Crippen LogP contribution in [0.15, 0.2) is 27.6 Å². The average Bonchev–Trinajstić information content (AvgIpc) is 2.36. The van der Waals surface area contributed by atoms with E-state index >= 15 is 0 Å². The molecule has 4 N–H and O–H groups in total. The molecule has 0 unspecified atom stereocenters. The number of nitrogens with two attached hydrogens (primary N) is 1. The van der Waals surface area contributed by atoms with E-state index in [2.05, 4.69) is 20.7 Å². The maximum atomic E-state index is 12.0. The van der Waals surface area contributed by atoms with Gasteiger partial charge in [0.15, 0.2) is 0 Å². The summed E-state index contributed by atoms with van der Waals surface area (Å²) in [7, 11) is -3.51. The van der Waals surface area contributed by atoms with Gasteiger partial charge in [-0.05, 0) is 46.3 Å². The largest absolute Gasteiger partial charge is 0.398 e. The van der Waals surface area contributed by atoms with E-state index in [4.69, 9.17) is 10.8 Å². The van der Waals surface area contributed by atoms with Crippen LogP contribution in [0.5, 0.6) is 0 Å². The van der Waals surface area contributed by atoms with Crippen LogP contribution in [-0.2, 0) is 10.0 Å². The van der Waals surface area contributed by atoms with Gasteiger partial charge in [0.2, 0.25) is 10.0 Å². The molecule has 0 aromatic heterocycles. The van der Waals surface area contributed by atoms with Crippen LogP contribution >= 0.6 is 27.7 Å². The average molecular weight is 369 g/mol. The molecular formula is C11H17BrN2O3S2. The minimum absolute atomic E-state index is 0.161. The predicted octanol–water partition coefficient (Wildman–Crippen LogP) is 1.43. The van der Waals surface area contributed by atoms with E-state index in [1.165, 1.54) is 12.1 Å². The van der Waals surface area contributed by atoms with Crippen molar-refractivity contribution in [2.24, 2.45) is 0 Å². The highest BCUT2D eigenvalue weighted by atomic mass is 79.9. The van der Waals surface area contributed by atoms with Crippen LogP contribution < -0.4 is 10.5 Å². The lowest BCUT2D eigenvalue weighted by atomic mass is 10.3. The molecule has 1 rings (SSSR count). The number of thioether (sulfide) groups is 1. The smallest absolute Gasteiger partial charge is 0.240 e. The number of hydrogen-bond acceptors (Lipinski definition) is 5. The summed E-state index contributed by atoms with van der Waals surface area (Å²) < 4.78 is 27.1. The van der Waals surface area contributed by atoms with Gasteiger partial charge in [-0.25, -0.2) is 13.1 Å². The van der Waals surface area contributed by atoms with Crippen LogP contribution in [0, 0.1) is 0 Å². The molecule has 0 aliphatic rings. The Balaban J connectivity index is 2.49. The molecule has 5 nitrogen and oxygen atoms in total. The number of rotatable bonds is 8. The van der Waals surface area contributed by atoms with Crippen molar-refractivity contribution < 1.29 is 13.5 Å². The molecule has 19 heavy (non-hydrogen) atoms. The van der Waals surface area contributed by atoms with Crippen LogP contribution in [-0.4, -0.2) is 38.2 Å². The van der Waals surface area contributed by atoms with Crippen molar-refractivity contribution in [3.63, 3.8) is 0 Å². The first-order valence-electron chi connectivity index (χ1n) is 5.70. The highest BCUT2D eigenvalue weighted by Crippen LogP contribution is 2.22. The molecule has 1 aromatic rings. The molecule has 0 fully saturated rings. The Morgan fingerprint density at radius 3 is 2.74 bits per heavy atom. The molecule has 0 bridgehead atoms. The number of nitrogens with one attached hydrogen (secondary N) is 1. The van der Waals surface area contributed by atoms with Crippen molar-refractivity contribution in [3.05, 3.63) is 22.7 Å². The number of sulfonamides is 1. The third-order valence-electron chi connectivity index (χ3n) is 2.26. The standard InChI is InChI=1S/C11H17BrN2O3S2/c12-10-3-2-9(8-11(10)13)19(16,17)14-4-7-18-6-1-5-15/h2-3,8,14-15H,1,4-7,13H2. The van der Waals surface area contributed by atoms with Crippen molar-refractivity contribution in [1.29, 1.82) is 0 Å². The molecule has 0 atom stereocenters. The van der Waals surface area contributed by atoms with Gasteiger partial charge in [0.05, 0.1) is 4.90 Å². The molecule has 0 radical (unpaired) electrons. The minimum Gasteiger partial charge on any atom is -0.398 e. The van der Waals surface area contributed by atoms with Crippen molar-refractivity contribution in [2.45, 2.75) is 11.3 Å². The van der Waals surface area contributed by atoms with Gasteiger partial charge in [0.25, 0.3) is 0 Å². The molecule has 1 aromatic carbocycles. The van der Waals surface area contributed by atoms with Gasteiger partial charge in [0, 0.05) is 29.1 Å². The SMILES string of the molecule is Nc1cc(S(=O)(=O)NCCSCCCO)ccc1Br. The quantitative estimate of drug-likeness (QED) is 0.476. The number of anilines is 1. The molecule has 0 amide bonds. The van der Waals surface area contributed by atoms with Gasteiger partial charge >= 0.3 is 0 Å². The second-order valence-corrected chi connectivity index (χ2v) is 7.62. The van der Waals surface area contributed by atoms with E-state index in [9.17, 15) is 8.42 Å². The van der Waals surface area contributed by atoms with Crippen LogP contribution in [0.3, 0.4) is 0 Å². The summed E-state index contributed by atoms with van der Waals surface area (Å²) in [5.41, 5.74) is 6.05. The second-order valence-electron chi connectivity index (χ2n) is 3.77. The number of hydrogen-bond donors (Lipinski definition) is 3. The fourth-order valence-electron chi connectivity index (χ4n) is 1.29. The third-order valence-corrected chi connectivity index (χ3v) is 5.51. The number of aliphatic hydroxyl groups is 1. The summed E-state index contributed by atoms with van der Waals surface area (Å²) in [4.78, 5) is 0.161. The lowest BCUT2D eigenvalue weighted by molar-refractivity contribution is 0.296. The Kier molecular flexibility index (Phi) is 7.16. The van der Waals surface area contributed by atoms with E-state index in [1.54, 1.807) is 17.8 Å². The van der Waals surface area contributed by atoms with Gasteiger partial charge in [-0.15, -0.1) is 0 Å². The van der Waals surface area contributed by atoms with Crippen LogP contribution in [0.2, 0.25) is 0 Å². The number of aliphatic hydroxyl groups excluding tert-OH is 1. The zero-order valence-corrected chi connectivity index (χ0v) is 13.5. The van der Waals surface area contributed by atoms with E-state index < -0.39 is 10.0 Å². The molecule has 0 saturated heterocycles. The molecule has 0 aliphatic heterocycles. The van der Waals surface area contributed by atoms with Crippen LogP contribution in [0.4, 0.5) is 5.69 Å². The Morgan fingerprint density at radius 2 is 2.11 bits per heavy atom. The van der Waals surface area contributed by atoms with Crippen molar-refractivity contribution >= 4 is 43.4 Å². The maximum absolute atomic E-state index is 12.0. The third kappa shape index (κ3) is 5.70. The predicted molar refractivity (Wildman–Crippen MR) is 82.8 cm³/mol. The van der Waals surface area contributed by atoms with Gasteiger partial charge in [-0.3, -0.25) is 0 Å². The number of halogens is 1. The zero-order valence-electron chi connectivity index (χ0n) is 10.3. The van der Waals surface area contributed by atoms with Crippen molar-refractivity contribution in [3.8, 4) is 0 Å². The van der Waals surface area contributed by atoms with E-state index in [0.29, 0.717) is 22.5 Å². The fraction of sp³-hybridized carbons (Fsp3) is 0.455. The lowest BCUT2D eigenvalue weighted by Crippen LogP contribution is -2.26. The Bertz CT molecular complexity index is 509. The summed E-state index contributed by atoms with van der Waals surface area (Å²) in [6.45, 7) is 0.519. The molecular weight excluding hydrogens is 352 g/mol. The number of benzene rings is 1. The Labute approximate surface area is 126 Å². The normalized spacial score (nSPS) is 11.7. The molecule has 0 aliphatic carbocycles. The Morgan fingerprint density at radius 1 is 1.37 bits per heavy atom. The maximum Gasteiger partial charge on any atom is 0.240 e. The monoisotopic (exact) mass is 368 g/mol. The molecule has 8 heteroatoms. The van der Waals surface area contributed by atoms with Crippen molar-refractivity contribution in [1.82, 2.24) is 4.72 Å². The van der Waals surface area contributed by atoms with E-state index in [0.717, 1.165) is 12.2 Å². The molecule has 0 spiro atoms. The minimum atomic E-state index is -3.51. The highest BCUT2D eigenvalue weighted by molar-refractivity contribution is 9.10. The van der Waals surface area contributed by atoms with Crippen LogP contribution in [0.25, 0.3) is 0 Å². The summed E-state index contributed by atoms with van der Waals surface area (Å²) in [5, 5.41) is 8.61. The van der Waals surface area contributed by atoms with Gasteiger partial charge in [-0.2, -0.15) is 11.8 Å². The second kappa shape index (κ2) is 8.11. The topological polar surface area (TPSA) is 92.4 Å². The van der Waals surface area contributed by atoms with Crippen LogP contribution in [0.1, 0.15) is 6.42 Å². The molecule has 0 saturated carbocycles. The number of nitrogen functional groups attached to an aromatic ring is 1. The van der Waals surface area contributed by atoms with Gasteiger partial charge in [0.1, 0.15) is 0 Å². The molecule has 0 heterocycles. The molecule has 108 valence electrons. The van der Waals surface area contributed by atoms with E-state index in [1.807, 2.05) is 0 Å². The summed E-state index contributed by atoms with van der Waals surface area (Å²) >= 11 is 4.82. The lowest BCUT2D eigenvalue weighted by Gasteiger charge is -2.08. The highest BCUT2D eigenvalue weighted by Gasteiger charge is 2.14. The fourth-order valence-corrected chi connectivity index (χ4v) is 3.52. The first-order chi connectivity index (χ1) is 8.97.